The van der Waals surface area contributed by atoms with E-state index < -0.39 is 0 Å². The molecule has 2 heterocycles. The Bertz CT molecular complexity index is 315. The minimum Gasteiger partial charge on any atom is -0.465 e. The van der Waals surface area contributed by atoms with Crippen molar-refractivity contribution in [1.29, 1.82) is 0 Å². The lowest BCUT2D eigenvalue weighted by molar-refractivity contribution is -0.140. The highest BCUT2D eigenvalue weighted by atomic mass is 16.5. The van der Waals surface area contributed by atoms with Crippen LogP contribution in [0.2, 0.25) is 0 Å². The maximum Gasteiger partial charge on any atom is 0.308 e. The van der Waals surface area contributed by atoms with Gasteiger partial charge < -0.3 is 19.5 Å². The molecular formula is C19H39NO5. The van der Waals surface area contributed by atoms with Gasteiger partial charge in [-0.1, -0.05) is 41.0 Å². The number of esters is 1. The molecule has 0 saturated carbocycles. The van der Waals surface area contributed by atoms with Crippen LogP contribution in [0.5, 0.6) is 0 Å². The first-order valence-electron chi connectivity index (χ1n) is 9.69. The van der Waals surface area contributed by atoms with Gasteiger partial charge in [-0.2, -0.15) is 0 Å². The highest BCUT2D eigenvalue weighted by Gasteiger charge is 2.20. The summed E-state index contributed by atoms with van der Waals surface area (Å²) in [6.45, 7) is 13.8. The van der Waals surface area contributed by atoms with E-state index in [1.54, 1.807) is 0 Å². The first-order chi connectivity index (χ1) is 12.1. The molecule has 2 aliphatic rings. The Morgan fingerprint density at radius 3 is 2.04 bits per heavy atom. The second kappa shape index (κ2) is 19.2. The normalized spacial score (nSPS) is 18.6. The van der Waals surface area contributed by atoms with Crippen LogP contribution < -0.4 is 0 Å². The van der Waals surface area contributed by atoms with Gasteiger partial charge in [0.1, 0.15) is 0 Å². The van der Waals surface area contributed by atoms with E-state index in [-0.39, 0.29) is 11.9 Å². The fraction of sp³-hybridized carbons (Fsp3) is 0.895. The minimum absolute atomic E-state index is 0.0417. The summed E-state index contributed by atoms with van der Waals surface area (Å²) in [6, 6.07) is 0. The molecule has 1 atom stereocenters. The summed E-state index contributed by atoms with van der Waals surface area (Å²) in [5.74, 6) is 0.403. The number of cyclic esters (lactones) is 1. The standard InChI is InChI=1S/C9H17NO2.C5H8O2.C3H8O.C2H6/c1-2-3-4-9(11)10-5-7-12-8-6-10;1-4-2-3-7-5(4)6;1-2-3-4;1-2/h2-8H2,1H3;4H,2-3H2,1H3;4H,2-3H2,1H3;1-2H3. The number of rotatable bonds is 4. The summed E-state index contributed by atoms with van der Waals surface area (Å²) < 4.78 is 9.79. The van der Waals surface area contributed by atoms with Gasteiger partial charge in [-0.15, -0.1) is 0 Å². The summed E-state index contributed by atoms with van der Waals surface area (Å²) in [6.07, 6.45) is 4.58. The average molecular weight is 362 g/mol. The molecular weight excluding hydrogens is 322 g/mol. The fourth-order valence-electron chi connectivity index (χ4n) is 1.90. The Labute approximate surface area is 153 Å². The third kappa shape index (κ3) is 14.9. The number of unbranched alkanes of at least 4 members (excludes halogenated alkanes) is 1. The number of morpholine rings is 1. The zero-order chi connectivity index (χ0) is 19.5. The number of carbonyl (C=O) groups excluding carboxylic acids is 2. The van der Waals surface area contributed by atoms with Crippen molar-refractivity contribution in [3.8, 4) is 0 Å². The Balaban J connectivity index is 0. The van der Waals surface area contributed by atoms with Crippen LogP contribution in [0.1, 0.15) is 66.7 Å². The average Bonchev–Trinajstić information content (AvgIpc) is 3.05. The molecule has 6 heteroatoms. The Kier molecular flexibility index (Phi) is 20.0. The monoisotopic (exact) mass is 361 g/mol. The quantitative estimate of drug-likeness (QED) is 0.779. The van der Waals surface area contributed by atoms with E-state index in [0.29, 0.717) is 38.8 Å². The molecule has 0 bridgehead atoms. The van der Waals surface area contributed by atoms with E-state index in [0.717, 1.165) is 38.8 Å². The smallest absolute Gasteiger partial charge is 0.308 e. The third-order valence-corrected chi connectivity index (χ3v) is 3.53. The Morgan fingerprint density at radius 1 is 1.16 bits per heavy atom. The van der Waals surface area contributed by atoms with Crippen molar-refractivity contribution in [1.82, 2.24) is 4.90 Å². The van der Waals surface area contributed by atoms with Crippen LogP contribution in [0.15, 0.2) is 0 Å². The zero-order valence-electron chi connectivity index (χ0n) is 16.9. The molecule has 2 aliphatic heterocycles. The molecule has 0 aromatic carbocycles. The number of carbonyl (C=O) groups is 2. The highest BCUT2D eigenvalue weighted by Crippen LogP contribution is 2.11. The molecule has 0 radical (unpaired) electrons. The number of ether oxygens (including phenoxy) is 2. The van der Waals surface area contributed by atoms with Crippen LogP contribution in [-0.2, 0) is 19.1 Å². The zero-order valence-corrected chi connectivity index (χ0v) is 16.9. The van der Waals surface area contributed by atoms with Gasteiger partial charge in [-0.05, 0) is 19.3 Å². The second-order valence-electron chi connectivity index (χ2n) is 5.68. The summed E-state index contributed by atoms with van der Waals surface area (Å²) in [7, 11) is 0. The van der Waals surface area contributed by atoms with Gasteiger partial charge in [0.25, 0.3) is 0 Å². The molecule has 1 amide bonds. The van der Waals surface area contributed by atoms with E-state index in [1.807, 2.05) is 32.6 Å². The molecule has 1 N–H and O–H groups in total. The maximum atomic E-state index is 11.4. The predicted molar refractivity (Wildman–Crippen MR) is 100 cm³/mol. The van der Waals surface area contributed by atoms with Crippen LogP contribution in [0, 0.1) is 5.92 Å². The van der Waals surface area contributed by atoms with E-state index in [4.69, 9.17) is 9.84 Å². The Hall–Kier alpha value is -1.14. The molecule has 2 saturated heterocycles. The minimum atomic E-state index is -0.0417. The lowest BCUT2D eigenvalue weighted by Crippen LogP contribution is -2.40. The number of amides is 1. The molecule has 2 rings (SSSR count). The lowest BCUT2D eigenvalue weighted by atomic mass is 10.2. The van der Waals surface area contributed by atoms with E-state index in [9.17, 15) is 9.59 Å². The van der Waals surface area contributed by atoms with Crippen LogP contribution in [0.4, 0.5) is 0 Å². The molecule has 0 aliphatic carbocycles. The summed E-state index contributed by atoms with van der Waals surface area (Å²) in [5, 5.41) is 7.88. The molecule has 6 nitrogen and oxygen atoms in total. The van der Waals surface area contributed by atoms with Crippen molar-refractivity contribution in [2.75, 3.05) is 39.5 Å². The van der Waals surface area contributed by atoms with Gasteiger partial charge in [-0.25, -0.2) is 0 Å². The second-order valence-corrected chi connectivity index (χ2v) is 5.68. The number of aliphatic hydroxyl groups excluding tert-OH is 1. The van der Waals surface area contributed by atoms with Crippen molar-refractivity contribution < 1.29 is 24.2 Å². The van der Waals surface area contributed by atoms with Gasteiger partial charge >= 0.3 is 5.97 Å². The lowest BCUT2D eigenvalue weighted by Gasteiger charge is -2.26. The third-order valence-electron chi connectivity index (χ3n) is 3.53. The van der Waals surface area contributed by atoms with E-state index in [2.05, 4.69) is 11.7 Å². The Morgan fingerprint density at radius 2 is 1.72 bits per heavy atom. The van der Waals surface area contributed by atoms with Crippen molar-refractivity contribution in [2.24, 2.45) is 5.92 Å². The number of aliphatic hydroxyl groups is 1. The number of nitrogens with zero attached hydrogens (tertiary/aromatic N) is 1. The maximum absolute atomic E-state index is 11.4. The van der Waals surface area contributed by atoms with Crippen LogP contribution in [0.3, 0.4) is 0 Å². The predicted octanol–water partition coefficient (Wildman–Crippen LogP) is 3.02. The summed E-state index contributed by atoms with van der Waals surface area (Å²) in [5.41, 5.74) is 0. The van der Waals surface area contributed by atoms with Crippen LogP contribution in [0.25, 0.3) is 0 Å². The van der Waals surface area contributed by atoms with Gasteiger partial charge in [0, 0.05) is 26.1 Å². The highest BCUT2D eigenvalue weighted by molar-refractivity contribution is 5.76. The molecule has 2 fully saturated rings. The first kappa shape index (κ1) is 26.1. The summed E-state index contributed by atoms with van der Waals surface area (Å²) in [4.78, 5) is 23.7. The molecule has 1 unspecified atom stereocenters. The van der Waals surface area contributed by atoms with Gasteiger partial charge in [-0.3, -0.25) is 9.59 Å². The van der Waals surface area contributed by atoms with Crippen molar-refractivity contribution in [3.05, 3.63) is 0 Å². The van der Waals surface area contributed by atoms with Gasteiger partial charge in [0.05, 0.1) is 25.7 Å². The molecule has 150 valence electrons. The molecule has 0 spiro atoms. The van der Waals surface area contributed by atoms with Crippen molar-refractivity contribution >= 4 is 11.9 Å². The van der Waals surface area contributed by atoms with Crippen molar-refractivity contribution in [2.45, 2.75) is 66.7 Å². The summed E-state index contributed by atoms with van der Waals surface area (Å²) >= 11 is 0. The molecule has 25 heavy (non-hydrogen) atoms. The SMILES string of the molecule is CC.CC1CCOC1=O.CCCCC(=O)N1CCOCC1.CCCO. The number of hydrogen-bond donors (Lipinski definition) is 1. The molecule has 0 aromatic heterocycles. The van der Waals surface area contributed by atoms with Crippen LogP contribution >= 0.6 is 0 Å². The van der Waals surface area contributed by atoms with E-state index in [1.165, 1.54) is 0 Å². The van der Waals surface area contributed by atoms with Crippen LogP contribution in [-0.4, -0.2) is 61.4 Å². The van der Waals surface area contributed by atoms with Crippen molar-refractivity contribution in [3.63, 3.8) is 0 Å². The van der Waals surface area contributed by atoms with Gasteiger partial charge in [0.15, 0.2) is 0 Å². The fourth-order valence-corrected chi connectivity index (χ4v) is 1.90. The topological polar surface area (TPSA) is 76.1 Å². The van der Waals surface area contributed by atoms with E-state index >= 15 is 0 Å². The largest absolute Gasteiger partial charge is 0.465 e. The first-order valence-corrected chi connectivity index (χ1v) is 9.69. The van der Waals surface area contributed by atoms with Gasteiger partial charge in [0.2, 0.25) is 5.91 Å². The molecule has 0 aromatic rings. The number of hydrogen-bond acceptors (Lipinski definition) is 5.